The van der Waals surface area contributed by atoms with E-state index in [9.17, 15) is 9.50 Å². The van der Waals surface area contributed by atoms with Crippen molar-refractivity contribution in [2.45, 2.75) is 17.9 Å². The van der Waals surface area contributed by atoms with E-state index < -0.39 is 6.10 Å². The first-order chi connectivity index (χ1) is 7.16. The first kappa shape index (κ1) is 12.5. The summed E-state index contributed by atoms with van der Waals surface area (Å²) < 4.78 is 18.4. The summed E-state index contributed by atoms with van der Waals surface area (Å²) in [5, 5.41) is 9.47. The van der Waals surface area contributed by atoms with Gasteiger partial charge in [-0.15, -0.1) is 11.8 Å². The molecule has 1 rings (SSSR count). The van der Waals surface area contributed by atoms with Crippen molar-refractivity contribution < 1.29 is 14.2 Å². The van der Waals surface area contributed by atoms with Crippen LogP contribution in [0.1, 0.15) is 18.6 Å². The van der Waals surface area contributed by atoms with Crippen LogP contribution < -0.4 is 0 Å². The highest BCUT2D eigenvalue weighted by Crippen LogP contribution is 2.29. The summed E-state index contributed by atoms with van der Waals surface area (Å²) in [5.41, 5.74) is 0.635. The molecule has 0 bridgehead atoms. The summed E-state index contributed by atoms with van der Waals surface area (Å²) in [6.07, 6.45) is -0.647. The van der Waals surface area contributed by atoms with Crippen LogP contribution in [-0.2, 0) is 4.74 Å². The molecule has 1 atom stereocenters. The molecule has 0 radical (unpaired) electrons. The molecule has 1 aromatic rings. The third-order valence-corrected chi connectivity index (χ3v) is 3.07. The Balaban J connectivity index is 2.82. The minimum absolute atomic E-state index is 0.283. The van der Waals surface area contributed by atoms with Gasteiger partial charge in [-0.05, 0) is 18.6 Å². The zero-order valence-electron chi connectivity index (χ0n) is 8.87. The number of ether oxygens (including phenoxy) is 1. The molecule has 0 unspecified atom stereocenters. The fourth-order valence-electron chi connectivity index (χ4n) is 1.23. The van der Waals surface area contributed by atoms with Crippen LogP contribution in [0.25, 0.3) is 0 Å². The predicted octanol–water partition coefficient (Wildman–Crippen LogP) is 2.62. The molecule has 0 aliphatic heterocycles. The van der Waals surface area contributed by atoms with Gasteiger partial charge in [-0.3, -0.25) is 0 Å². The van der Waals surface area contributed by atoms with Crippen LogP contribution in [-0.4, -0.2) is 24.6 Å². The maximum atomic E-state index is 13.5. The summed E-state index contributed by atoms with van der Waals surface area (Å²) in [7, 11) is 1.61. The van der Waals surface area contributed by atoms with Crippen LogP contribution in [0.3, 0.4) is 0 Å². The largest absolute Gasteiger partial charge is 0.389 e. The molecular formula is C11H15FO2S. The van der Waals surface area contributed by atoms with E-state index in [0.29, 0.717) is 22.8 Å². The van der Waals surface area contributed by atoms with E-state index in [1.165, 1.54) is 17.8 Å². The second kappa shape index (κ2) is 6.10. The number of aliphatic hydroxyl groups is 1. The van der Waals surface area contributed by atoms with Gasteiger partial charge in [-0.2, -0.15) is 0 Å². The number of thioether (sulfide) groups is 1. The maximum absolute atomic E-state index is 13.5. The zero-order chi connectivity index (χ0) is 11.3. The van der Waals surface area contributed by atoms with Gasteiger partial charge in [-0.25, -0.2) is 4.39 Å². The second-order valence-electron chi connectivity index (χ2n) is 3.18. The number of hydrogen-bond acceptors (Lipinski definition) is 3. The van der Waals surface area contributed by atoms with Gasteiger partial charge < -0.3 is 9.84 Å². The first-order valence-corrected chi connectivity index (χ1v) is 5.73. The van der Waals surface area contributed by atoms with Crippen LogP contribution in [0.5, 0.6) is 0 Å². The molecule has 0 fully saturated rings. The number of halogens is 1. The molecule has 0 heterocycles. The van der Waals surface area contributed by atoms with E-state index in [1.54, 1.807) is 26.2 Å². The quantitative estimate of drug-likeness (QED) is 0.623. The molecule has 0 saturated heterocycles. The van der Waals surface area contributed by atoms with Crippen molar-refractivity contribution in [2.75, 3.05) is 19.5 Å². The third kappa shape index (κ3) is 3.48. The monoisotopic (exact) mass is 230 g/mol. The molecule has 2 nitrogen and oxygen atoms in total. The lowest BCUT2D eigenvalue weighted by Gasteiger charge is -2.12. The van der Waals surface area contributed by atoms with Crippen molar-refractivity contribution in [1.29, 1.82) is 0 Å². The first-order valence-electron chi connectivity index (χ1n) is 4.75. The molecule has 0 saturated carbocycles. The molecule has 0 spiro atoms. The lowest BCUT2D eigenvalue weighted by atomic mass is 10.1. The van der Waals surface area contributed by atoms with Crippen molar-refractivity contribution in [2.24, 2.45) is 0 Å². The number of aliphatic hydroxyl groups excluding tert-OH is 1. The third-order valence-electron chi connectivity index (χ3n) is 1.98. The van der Waals surface area contributed by atoms with Crippen LogP contribution >= 0.6 is 11.8 Å². The summed E-state index contributed by atoms with van der Waals surface area (Å²) >= 11 is 1.37. The Morgan fingerprint density at radius 3 is 2.87 bits per heavy atom. The van der Waals surface area contributed by atoms with E-state index in [1.807, 2.05) is 0 Å². The maximum Gasteiger partial charge on any atom is 0.137 e. The molecule has 0 amide bonds. The highest BCUT2D eigenvalue weighted by Gasteiger charge is 2.12. The van der Waals surface area contributed by atoms with E-state index in [-0.39, 0.29) is 5.82 Å². The van der Waals surface area contributed by atoms with Gasteiger partial charge >= 0.3 is 0 Å². The number of rotatable bonds is 5. The van der Waals surface area contributed by atoms with E-state index in [4.69, 9.17) is 4.74 Å². The lowest BCUT2D eigenvalue weighted by molar-refractivity contribution is 0.195. The molecular weight excluding hydrogens is 215 g/mol. The Morgan fingerprint density at radius 1 is 1.53 bits per heavy atom. The van der Waals surface area contributed by atoms with Crippen LogP contribution in [0.4, 0.5) is 4.39 Å². The zero-order valence-corrected chi connectivity index (χ0v) is 9.68. The van der Waals surface area contributed by atoms with Crippen molar-refractivity contribution in [3.05, 3.63) is 29.6 Å². The predicted molar refractivity (Wildman–Crippen MR) is 59.6 cm³/mol. The average Bonchev–Trinajstić information content (AvgIpc) is 2.20. The van der Waals surface area contributed by atoms with Gasteiger partial charge in [0.25, 0.3) is 0 Å². The van der Waals surface area contributed by atoms with Gasteiger partial charge in [0.2, 0.25) is 0 Å². The Hall–Kier alpha value is -0.580. The van der Waals surface area contributed by atoms with Crippen molar-refractivity contribution in [3.63, 3.8) is 0 Å². The van der Waals surface area contributed by atoms with Crippen LogP contribution in [0.15, 0.2) is 23.1 Å². The fourth-order valence-corrected chi connectivity index (χ4v) is 2.30. The van der Waals surface area contributed by atoms with Crippen LogP contribution in [0, 0.1) is 5.82 Å². The van der Waals surface area contributed by atoms with E-state index in [0.717, 1.165) is 0 Å². The van der Waals surface area contributed by atoms with Gasteiger partial charge in [0, 0.05) is 17.8 Å². The average molecular weight is 230 g/mol. The summed E-state index contributed by atoms with van der Waals surface area (Å²) in [5.74, 6) is 0.395. The minimum Gasteiger partial charge on any atom is -0.389 e. The van der Waals surface area contributed by atoms with Crippen LogP contribution in [0.2, 0.25) is 0 Å². The van der Waals surface area contributed by atoms with Crippen molar-refractivity contribution in [3.8, 4) is 0 Å². The molecule has 15 heavy (non-hydrogen) atoms. The van der Waals surface area contributed by atoms with Gasteiger partial charge in [0.1, 0.15) is 5.82 Å². The standard InChI is InChI=1S/C11H15FO2S/c1-8(13)9-4-3-5-10(12)11(9)15-7-6-14-2/h3-5,8,13H,6-7H2,1-2H3/t8-/m1/s1. The topological polar surface area (TPSA) is 29.5 Å². The minimum atomic E-state index is -0.647. The highest BCUT2D eigenvalue weighted by molar-refractivity contribution is 7.99. The van der Waals surface area contributed by atoms with Crippen molar-refractivity contribution >= 4 is 11.8 Å². The summed E-state index contributed by atoms with van der Waals surface area (Å²) in [6, 6.07) is 4.75. The molecule has 0 aliphatic carbocycles. The fraction of sp³-hybridized carbons (Fsp3) is 0.455. The summed E-state index contributed by atoms with van der Waals surface area (Å²) in [6.45, 7) is 2.20. The number of methoxy groups -OCH3 is 1. The SMILES string of the molecule is COCCSc1c(F)cccc1[C@@H](C)O. The molecule has 0 aromatic heterocycles. The summed E-state index contributed by atoms with van der Waals surface area (Å²) in [4.78, 5) is 0.518. The van der Waals surface area contributed by atoms with E-state index in [2.05, 4.69) is 0 Å². The molecule has 0 aliphatic rings. The van der Waals surface area contributed by atoms with Gasteiger partial charge in [0.05, 0.1) is 12.7 Å². The molecule has 1 N–H and O–H groups in total. The number of hydrogen-bond donors (Lipinski definition) is 1. The second-order valence-corrected chi connectivity index (χ2v) is 4.28. The van der Waals surface area contributed by atoms with E-state index >= 15 is 0 Å². The normalized spacial score (nSPS) is 12.8. The Kier molecular flexibility index (Phi) is 5.08. The Labute approximate surface area is 93.5 Å². The highest BCUT2D eigenvalue weighted by atomic mass is 32.2. The Bertz CT molecular complexity index is 315. The molecule has 84 valence electrons. The molecule has 1 aromatic carbocycles. The van der Waals surface area contributed by atoms with Gasteiger partial charge in [-0.1, -0.05) is 12.1 Å². The smallest absolute Gasteiger partial charge is 0.137 e. The molecule has 4 heteroatoms. The van der Waals surface area contributed by atoms with Crippen molar-refractivity contribution in [1.82, 2.24) is 0 Å². The Morgan fingerprint density at radius 2 is 2.27 bits per heavy atom. The lowest BCUT2D eigenvalue weighted by Crippen LogP contribution is -1.99. The van der Waals surface area contributed by atoms with Gasteiger partial charge in [0.15, 0.2) is 0 Å². The number of benzene rings is 1.